The van der Waals surface area contributed by atoms with Crippen LogP contribution >= 0.6 is 11.6 Å². The smallest absolute Gasteiger partial charge is 0.178 e. The molecule has 3 N–H and O–H groups in total. The first-order chi connectivity index (χ1) is 10.8. The normalized spacial score (nSPS) is 19.7. The van der Waals surface area contributed by atoms with Crippen molar-refractivity contribution >= 4 is 23.1 Å². The molecule has 5 heteroatoms. The van der Waals surface area contributed by atoms with Gasteiger partial charge < -0.3 is 15.6 Å². The molecular weight excluding hydrogens is 312 g/mol. The van der Waals surface area contributed by atoms with E-state index in [0.29, 0.717) is 27.6 Å². The van der Waals surface area contributed by atoms with Crippen molar-refractivity contribution < 1.29 is 9.84 Å². The van der Waals surface area contributed by atoms with Gasteiger partial charge in [-0.25, -0.2) is 4.99 Å². The number of fused-ring (bicyclic) bond motifs is 1. The molecule has 1 aliphatic rings. The molecule has 1 aliphatic heterocycles. The van der Waals surface area contributed by atoms with E-state index in [9.17, 15) is 5.11 Å². The number of rotatable bonds is 3. The molecule has 4 nitrogen and oxygen atoms in total. The Morgan fingerprint density at radius 3 is 2.61 bits per heavy atom. The number of aliphatic hydroxyl groups is 1. The van der Waals surface area contributed by atoms with Gasteiger partial charge in [-0.15, -0.1) is 0 Å². The number of hydrogen-bond acceptors (Lipinski definition) is 4. The minimum absolute atomic E-state index is 0.0462. The molecule has 0 aliphatic carbocycles. The lowest BCUT2D eigenvalue weighted by Gasteiger charge is -2.28. The second kappa shape index (κ2) is 5.55. The minimum Gasteiger partial charge on any atom is -0.491 e. The fourth-order valence-electron chi connectivity index (χ4n) is 2.81. The van der Waals surface area contributed by atoms with E-state index in [1.807, 2.05) is 39.0 Å². The first-order valence-corrected chi connectivity index (χ1v) is 7.85. The third-order valence-electron chi connectivity index (χ3n) is 3.85. The van der Waals surface area contributed by atoms with Crippen LogP contribution in [0.5, 0.6) is 5.75 Å². The van der Waals surface area contributed by atoms with E-state index >= 15 is 0 Å². The number of aryl methyl sites for hydroxylation is 1. The molecule has 0 saturated heterocycles. The van der Waals surface area contributed by atoms with Crippen LogP contribution in [0.25, 0.3) is 0 Å². The molecular formula is C18H19ClN2O2. The zero-order valence-electron chi connectivity index (χ0n) is 13.3. The Bertz CT molecular complexity index is 802. The highest BCUT2D eigenvalue weighted by atomic mass is 35.5. The average molecular weight is 331 g/mol. The van der Waals surface area contributed by atoms with Gasteiger partial charge in [-0.1, -0.05) is 29.3 Å². The molecule has 0 radical (unpaired) electrons. The Morgan fingerprint density at radius 2 is 1.91 bits per heavy atom. The maximum atomic E-state index is 11.4. The number of benzene rings is 2. The highest BCUT2D eigenvalue weighted by Crippen LogP contribution is 2.45. The predicted octanol–water partition coefficient (Wildman–Crippen LogP) is 3.67. The molecule has 1 atom stereocenters. The maximum absolute atomic E-state index is 11.4. The van der Waals surface area contributed by atoms with Gasteiger partial charge in [-0.05, 0) is 45.0 Å². The molecule has 120 valence electrons. The average Bonchev–Trinajstić information content (AvgIpc) is 2.73. The summed E-state index contributed by atoms with van der Waals surface area (Å²) in [5.74, 6) is 0.661. The van der Waals surface area contributed by atoms with Crippen LogP contribution in [0.4, 0.5) is 5.69 Å². The molecule has 0 amide bonds. The van der Waals surface area contributed by atoms with E-state index in [0.717, 1.165) is 5.56 Å². The third kappa shape index (κ3) is 2.58. The minimum atomic E-state index is -1.55. The lowest BCUT2D eigenvalue weighted by Crippen LogP contribution is -2.40. The van der Waals surface area contributed by atoms with Gasteiger partial charge in [0, 0.05) is 16.1 Å². The number of amidine groups is 1. The molecule has 0 fully saturated rings. The topological polar surface area (TPSA) is 67.8 Å². The van der Waals surface area contributed by atoms with Crippen LogP contribution in [0.2, 0.25) is 5.02 Å². The van der Waals surface area contributed by atoms with E-state index in [2.05, 4.69) is 4.99 Å². The summed E-state index contributed by atoms with van der Waals surface area (Å²) < 4.78 is 5.84. The predicted molar refractivity (Wildman–Crippen MR) is 92.7 cm³/mol. The van der Waals surface area contributed by atoms with E-state index in [-0.39, 0.29) is 11.9 Å². The summed E-state index contributed by atoms with van der Waals surface area (Å²) in [5, 5.41) is 11.9. The van der Waals surface area contributed by atoms with Gasteiger partial charge in [-0.3, -0.25) is 0 Å². The van der Waals surface area contributed by atoms with Crippen molar-refractivity contribution in [3.05, 3.63) is 58.1 Å². The van der Waals surface area contributed by atoms with Crippen LogP contribution in [0.1, 0.15) is 30.5 Å². The molecule has 0 spiro atoms. The maximum Gasteiger partial charge on any atom is 0.178 e. The fraction of sp³-hybridized carbons (Fsp3) is 0.278. The summed E-state index contributed by atoms with van der Waals surface area (Å²) in [6.07, 6.45) is -0.0462. The summed E-state index contributed by atoms with van der Waals surface area (Å²) >= 11 is 6.15. The first-order valence-electron chi connectivity index (χ1n) is 7.47. The lowest BCUT2D eigenvalue weighted by molar-refractivity contribution is 0.148. The number of hydrogen-bond donors (Lipinski definition) is 2. The molecule has 1 unspecified atom stereocenters. The van der Waals surface area contributed by atoms with Crippen LogP contribution in [-0.2, 0) is 5.60 Å². The Kier molecular flexibility index (Phi) is 3.82. The first kappa shape index (κ1) is 15.8. The SMILES string of the molecule is Cc1ccc2c(c1)C(O)(c1cc(Cl)ccc1OC(C)C)C(N)=N2. The Hall–Kier alpha value is -2.04. The highest BCUT2D eigenvalue weighted by Gasteiger charge is 2.44. The molecule has 0 aromatic heterocycles. The number of halogens is 1. The van der Waals surface area contributed by atoms with E-state index in [4.69, 9.17) is 22.1 Å². The standard InChI is InChI=1S/C18H19ClN2O2/c1-10(2)23-16-7-5-12(19)9-14(16)18(22)13-8-11(3)4-6-15(13)21-17(18)20/h4-10,22H,1-3H3,(H2,20,21). The van der Waals surface area contributed by atoms with Crippen molar-refractivity contribution in [2.24, 2.45) is 10.7 Å². The molecule has 2 aromatic rings. The van der Waals surface area contributed by atoms with Crippen molar-refractivity contribution in [3.63, 3.8) is 0 Å². The molecule has 0 saturated carbocycles. The van der Waals surface area contributed by atoms with Gasteiger partial charge >= 0.3 is 0 Å². The summed E-state index contributed by atoms with van der Waals surface area (Å²) in [7, 11) is 0. The van der Waals surface area contributed by atoms with Crippen molar-refractivity contribution in [2.45, 2.75) is 32.5 Å². The summed E-state index contributed by atoms with van der Waals surface area (Å²) in [6, 6.07) is 10.8. The molecule has 3 rings (SSSR count). The summed E-state index contributed by atoms with van der Waals surface area (Å²) in [6.45, 7) is 5.80. The molecule has 1 heterocycles. The summed E-state index contributed by atoms with van der Waals surface area (Å²) in [4.78, 5) is 4.32. The largest absolute Gasteiger partial charge is 0.491 e. The van der Waals surface area contributed by atoms with E-state index in [1.165, 1.54) is 0 Å². The van der Waals surface area contributed by atoms with Gasteiger partial charge in [0.2, 0.25) is 0 Å². The van der Waals surface area contributed by atoms with Gasteiger partial charge in [-0.2, -0.15) is 0 Å². The van der Waals surface area contributed by atoms with Crippen molar-refractivity contribution in [1.29, 1.82) is 0 Å². The van der Waals surface area contributed by atoms with Crippen molar-refractivity contribution in [1.82, 2.24) is 0 Å². The Balaban J connectivity index is 2.24. The zero-order chi connectivity index (χ0) is 16.8. The number of ether oxygens (including phenoxy) is 1. The second-order valence-corrected chi connectivity index (χ2v) is 6.47. The lowest BCUT2D eigenvalue weighted by atomic mass is 9.85. The van der Waals surface area contributed by atoms with E-state index in [1.54, 1.807) is 18.2 Å². The van der Waals surface area contributed by atoms with Crippen LogP contribution in [0.3, 0.4) is 0 Å². The summed E-state index contributed by atoms with van der Waals surface area (Å²) in [5.41, 5.74) is 7.37. The van der Waals surface area contributed by atoms with Gasteiger partial charge in [0.05, 0.1) is 11.8 Å². The number of aliphatic imine (C=N–C) groups is 1. The quantitative estimate of drug-likeness (QED) is 0.902. The Labute approximate surface area is 140 Å². The molecule has 0 bridgehead atoms. The monoisotopic (exact) mass is 330 g/mol. The number of nitrogens with zero attached hydrogens (tertiary/aromatic N) is 1. The molecule has 2 aromatic carbocycles. The highest BCUT2D eigenvalue weighted by molar-refractivity contribution is 6.30. The van der Waals surface area contributed by atoms with Gasteiger partial charge in [0.25, 0.3) is 0 Å². The third-order valence-corrected chi connectivity index (χ3v) is 4.08. The van der Waals surface area contributed by atoms with E-state index < -0.39 is 5.60 Å². The molecule has 23 heavy (non-hydrogen) atoms. The van der Waals surface area contributed by atoms with Crippen molar-refractivity contribution in [2.75, 3.05) is 0 Å². The second-order valence-electron chi connectivity index (χ2n) is 6.04. The zero-order valence-corrected chi connectivity index (χ0v) is 14.1. The Morgan fingerprint density at radius 1 is 1.17 bits per heavy atom. The van der Waals surface area contributed by atoms with Gasteiger partial charge in [0.15, 0.2) is 5.60 Å². The number of nitrogens with two attached hydrogens (primary N) is 1. The fourth-order valence-corrected chi connectivity index (χ4v) is 2.98. The van der Waals surface area contributed by atoms with Gasteiger partial charge in [0.1, 0.15) is 11.6 Å². The van der Waals surface area contributed by atoms with Crippen molar-refractivity contribution in [3.8, 4) is 5.75 Å². The van der Waals surface area contributed by atoms with Crippen LogP contribution in [0, 0.1) is 6.92 Å². The van der Waals surface area contributed by atoms with Crippen LogP contribution in [0.15, 0.2) is 41.4 Å². The van der Waals surface area contributed by atoms with Crippen LogP contribution in [-0.4, -0.2) is 17.0 Å². The van der Waals surface area contributed by atoms with Crippen LogP contribution < -0.4 is 10.5 Å².